The molecule has 3 aromatic rings. The van der Waals surface area contributed by atoms with Gasteiger partial charge >= 0.3 is 7.12 Å². The van der Waals surface area contributed by atoms with E-state index in [1.165, 1.54) is 12.1 Å². The van der Waals surface area contributed by atoms with Crippen LogP contribution >= 0.6 is 0 Å². The zero-order valence-electron chi connectivity index (χ0n) is 26.3. The van der Waals surface area contributed by atoms with E-state index < -0.39 is 49.4 Å². The van der Waals surface area contributed by atoms with E-state index in [4.69, 9.17) is 4.74 Å². The molecule has 1 aliphatic heterocycles. The number of phenols is 1. The van der Waals surface area contributed by atoms with Gasteiger partial charge in [-0.2, -0.15) is 0 Å². The number of aliphatic hydroxyl groups is 2. The van der Waals surface area contributed by atoms with Crippen molar-refractivity contribution in [2.24, 2.45) is 17.8 Å². The highest BCUT2D eigenvalue weighted by atomic mass is 16.5. The van der Waals surface area contributed by atoms with E-state index in [0.717, 1.165) is 27.2 Å². The highest BCUT2D eigenvalue weighted by Crippen LogP contribution is 2.47. The quantitative estimate of drug-likeness (QED) is 0.124. The first-order valence-electron chi connectivity index (χ1n) is 15.5. The number of benzene rings is 3. The van der Waals surface area contributed by atoms with Gasteiger partial charge in [-0.3, -0.25) is 14.5 Å². The Morgan fingerprint density at radius 2 is 1.72 bits per heavy atom. The van der Waals surface area contributed by atoms with Crippen molar-refractivity contribution >= 4 is 36.2 Å². The fraction of sp³-hybridized carbons (Fsp3) is 0.333. The molecule has 4 atom stereocenters. The van der Waals surface area contributed by atoms with Gasteiger partial charge in [0.25, 0.3) is 0 Å². The van der Waals surface area contributed by atoms with Gasteiger partial charge in [-0.25, -0.2) is 0 Å². The molecule has 1 saturated heterocycles. The van der Waals surface area contributed by atoms with Gasteiger partial charge < -0.3 is 30.1 Å². The van der Waals surface area contributed by atoms with Gasteiger partial charge in [0, 0.05) is 5.92 Å². The Morgan fingerprint density at radius 3 is 2.37 bits per heavy atom. The summed E-state index contributed by atoms with van der Waals surface area (Å²) in [5, 5.41) is 51.9. The molecule has 0 aromatic heterocycles. The van der Waals surface area contributed by atoms with Crippen LogP contribution < -0.4 is 15.1 Å². The second-order valence-corrected chi connectivity index (χ2v) is 12.3. The molecule has 9 nitrogen and oxygen atoms in total. The van der Waals surface area contributed by atoms with Crippen LogP contribution in [-0.2, 0) is 9.59 Å². The van der Waals surface area contributed by atoms with Crippen molar-refractivity contribution in [3.8, 4) is 11.5 Å². The van der Waals surface area contributed by atoms with E-state index in [1.54, 1.807) is 24.3 Å². The van der Waals surface area contributed by atoms with Crippen molar-refractivity contribution in [3.63, 3.8) is 0 Å². The number of aliphatic hydroxyl groups excluding tert-OH is 2. The zero-order chi connectivity index (χ0) is 33.1. The van der Waals surface area contributed by atoms with Crippen molar-refractivity contribution in [1.82, 2.24) is 0 Å². The van der Waals surface area contributed by atoms with Crippen LogP contribution in [0.2, 0.25) is 0 Å². The number of para-hydroxylation sites is 1. The summed E-state index contributed by atoms with van der Waals surface area (Å²) in [4.78, 5) is 28.8. The molecule has 1 fully saturated rings. The maximum Gasteiger partial charge on any atom is 0.488 e. The maximum atomic E-state index is 13.9. The molecule has 0 unspecified atom stereocenters. The number of rotatable bonds is 11. The number of imide groups is 1. The number of allylic oxidation sites excluding steroid dienone is 1. The lowest BCUT2D eigenvalue weighted by Gasteiger charge is -2.36. The molecular formula is C36H40BNO8. The summed E-state index contributed by atoms with van der Waals surface area (Å²) in [6, 6.07) is 18.9. The molecule has 5 N–H and O–H groups in total. The average Bonchev–Trinajstić information content (AvgIpc) is 3.29. The number of anilines is 1. The van der Waals surface area contributed by atoms with Gasteiger partial charge in [-0.05, 0) is 110 Å². The summed E-state index contributed by atoms with van der Waals surface area (Å²) < 4.78 is 6.07. The fourth-order valence-corrected chi connectivity index (χ4v) is 6.81. The molecule has 10 heteroatoms. The van der Waals surface area contributed by atoms with E-state index in [2.05, 4.69) is 0 Å². The Morgan fingerprint density at radius 1 is 1.02 bits per heavy atom. The Balaban J connectivity index is 1.44. The summed E-state index contributed by atoms with van der Waals surface area (Å²) in [6.07, 6.45) is 2.01. The van der Waals surface area contributed by atoms with E-state index in [0.29, 0.717) is 29.7 Å². The number of aromatic hydroxyl groups is 1. The largest absolute Gasteiger partial charge is 0.507 e. The van der Waals surface area contributed by atoms with Gasteiger partial charge in [0.15, 0.2) is 0 Å². The van der Waals surface area contributed by atoms with Gasteiger partial charge in [-0.15, -0.1) is 0 Å². The number of hydrogen-bond acceptors (Lipinski definition) is 8. The molecule has 1 aliphatic carbocycles. The average molecular weight is 626 g/mol. The maximum absolute atomic E-state index is 13.9. The normalized spacial score (nSPS) is 20.6. The number of ether oxygens (including phenoxy) is 1. The summed E-state index contributed by atoms with van der Waals surface area (Å²) in [5.74, 6) is -2.56. The van der Waals surface area contributed by atoms with Crippen molar-refractivity contribution < 1.29 is 39.7 Å². The standard InChI is InChI=1S/C36H40BNO8/c1-21(14-24-15-22(2)34(41)23(3)16-24)12-13-31(40)32-25(20-46-28-10-5-4-6-11-28)17-29-33(30(32)19-39)36(43)38(35(29)42)27-9-7-8-26(18-27)37(44)45/h4-11,14-16,18,29-31,33,39-41,44-45H,12-13,17,19-20H2,1-3H3/b21-14+/t29-,30+,31-,33-/m1/s1. The number of phenolic OH excluding ortho intramolecular Hbond substituents is 1. The fourth-order valence-electron chi connectivity index (χ4n) is 6.81. The molecule has 5 rings (SSSR count). The lowest BCUT2D eigenvalue weighted by Crippen LogP contribution is -2.40. The van der Waals surface area contributed by atoms with E-state index in [-0.39, 0.29) is 29.9 Å². The van der Waals surface area contributed by atoms with Crippen molar-refractivity contribution in [2.75, 3.05) is 18.1 Å². The summed E-state index contributed by atoms with van der Waals surface area (Å²) in [7, 11) is -1.77. The number of aryl methyl sites for hydroxylation is 2. The molecular weight excluding hydrogens is 585 g/mol. The van der Waals surface area contributed by atoms with E-state index >= 15 is 0 Å². The molecule has 240 valence electrons. The van der Waals surface area contributed by atoms with E-state index in [9.17, 15) is 35.0 Å². The van der Waals surface area contributed by atoms with Crippen molar-refractivity contribution in [2.45, 2.75) is 46.1 Å². The minimum Gasteiger partial charge on any atom is -0.507 e. The molecule has 2 aliphatic rings. The third-order valence-corrected chi connectivity index (χ3v) is 9.06. The Bertz CT molecular complexity index is 1640. The third kappa shape index (κ3) is 6.80. The lowest BCUT2D eigenvalue weighted by molar-refractivity contribution is -0.123. The second-order valence-electron chi connectivity index (χ2n) is 12.3. The predicted molar refractivity (Wildman–Crippen MR) is 176 cm³/mol. The minimum absolute atomic E-state index is 0.0741. The molecule has 3 aromatic carbocycles. The molecule has 0 radical (unpaired) electrons. The van der Waals surface area contributed by atoms with Crippen LogP contribution in [0.3, 0.4) is 0 Å². The SMILES string of the molecule is C/C(=C\c1cc(C)c(O)c(C)c1)CC[C@@H](O)C1=C(COc2ccccc2)C[C@H]2C(=O)N(c3cccc(B(O)O)c3)C(=O)[C@H]2[C@H]1CO. The van der Waals surface area contributed by atoms with Crippen LogP contribution in [0.15, 0.2) is 83.4 Å². The molecule has 1 heterocycles. The number of carbonyl (C=O) groups excluding carboxylic acids is 2. The lowest BCUT2D eigenvalue weighted by atomic mass is 9.68. The molecule has 0 saturated carbocycles. The minimum atomic E-state index is -1.77. The Kier molecular flexibility index (Phi) is 10.1. The van der Waals surface area contributed by atoms with Crippen LogP contribution in [0.4, 0.5) is 5.69 Å². The topological polar surface area (TPSA) is 148 Å². The molecule has 46 heavy (non-hydrogen) atoms. The van der Waals surface area contributed by atoms with Crippen molar-refractivity contribution in [1.29, 1.82) is 0 Å². The number of amides is 2. The summed E-state index contributed by atoms with van der Waals surface area (Å²) in [5.41, 5.74) is 5.05. The monoisotopic (exact) mass is 625 g/mol. The van der Waals surface area contributed by atoms with Gasteiger partial charge in [0.05, 0.1) is 30.2 Å². The molecule has 2 amide bonds. The van der Waals surface area contributed by atoms with Gasteiger partial charge in [-0.1, -0.05) is 42.0 Å². The van der Waals surface area contributed by atoms with Crippen molar-refractivity contribution in [3.05, 3.63) is 100 Å². The number of nitrogens with zero attached hydrogens (tertiary/aromatic N) is 1. The molecule has 0 bridgehead atoms. The Labute approximate surface area is 269 Å². The highest BCUT2D eigenvalue weighted by molar-refractivity contribution is 6.58. The van der Waals surface area contributed by atoms with E-state index in [1.807, 2.05) is 57.2 Å². The molecule has 0 spiro atoms. The van der Waals surface area contributed by atoms with Crippen LogP contribution in [-0.4, -0.2) is 63.6 Å². The van der Waals surface area contributed by atoms with Gasteiger partial charge in [0.2, 0.25) is 11.8 Å². The first-order valence-corrected chi connectivity index (χ1v) is 15.5. The van der Waals surface area contributed by atoms with Crippen LogP contribution in [0.1, 0.15) is 42.9 Å². The number of hydrogen-bond donors (Lipinski definition) is 5. The van der Waals surface area contributed by atoms with Crippen LogP contribution in [0.5, 0.6) is 11.5 Å². The zero-order valence-corrected chi connectivity index (χ0v) is 26.3. The Hall–Kier alpha value is -4.22. The van der Waals surface area contributed by atoms with Crippen LogP contribution in [0.25, 0.3) is 6.08 Å². The predicted octanol–water partition coefficient (Wildman–Crippen LogP) is 3.43. The first-order chi connectivity index (χ1) is 22.0. The second kappa shape index (κ2) is 14.0. The summed E-state index contributed by atoms with van der Waals surface area (Å²) >= 11 is 0. The highest BCUT2D eigenvalue weighted by Gasteiger charge is 2.55. The van der Waals surface area contributed by atoms with Crippen LogP contribution in [0, 0.1) is 31.6 Å². The summed E-state index contributed by atoms with van der Waals surface area (Å²) in [6.45, 7) is 5.28. The first kappa shape index (κ1) is 33.2. The number of carbonyl (C=O) groups is 2. The third-order valence-electron chi connectivity index (χ3n) is 9.06. The smallest absolute Gasteiger partial charge is 0.488 e. The van der Waals surface area contributed by atoms with Gasteiger partial charge in [0.1, 0.15) is 18.1 Å². The number of fused-ring (bicyclic) bond motifs is 1.